The number of aryl methyl sites for hydroxylation is 1. The van der Waals surface area contributed by atoms with Crippen molar-refractivity contribution in [3.05, 3.63) is 35.4 Å². The van der Waals surface area contributed by atoms with E-state index in [2.05, 4.69) is 21.8 Å². The first-order valence-electron chi connectivity index (χ1n) is 6.51. The minimum atomic E-state index is -3.46. The van der Waals surface area contributed by atoms with E-state index in [0.717, 1.165) is 27.6 Å². The van der Waals surface area contributed by atoms with Crippen molar-refractivity contribution in [3.63, 3.8) is 0 Å². The highest BCUT2D eigenvalue weighted by atomic mass is 32.2. The molecule has 1 N–H and O–H groups in total. The van der Waals surface area contributed by atoms with Crippen LogP contribution in [0.4, 0.5) is 5.13 Å². The molecule has 1 heterocycles. The standard InChI is InChI=1S/C13H17N3O2S3/c1-3-7-19-13-15-14-12(20-13)16-21(17,18)9-11-6-4-5-10(2)8-11/h4-6,8H,3,7,9H2,1-2H3,(H,14,16). The molecule has 0 amide bonds. The van der Waals surface area contributed by atoms with Gasteiger partial charge >= 0.3 is 0 Å². The Hall–Kier alpha value is -1.12. The number of anilines is 1. The summed E-state index contributed by atoms with van der Waals surface area (Å²) in [5.74, 6) is 0.885. The van der Waals surface area contributed by atoms with Gasteiger partial charge in [0.1, 0.15) is 0 Å². The van der Waals surface area contributed by atoms with E-state index >= 15 is 0 Å². The Morgan fingerprint density at radius 1 is 1.33 bits per heavy atom. The van der Waals surface area contributed by atoms with Gasteiger partial charge in [-0.2, -0.15) is 0 Å². The Morgan fingerprint density at radius 2 is 2.14 bits per heavy atom. The lowest BCUT2D eigenvalue weighted by Crippen LogP contribution is -2.15. The van der Waals surface area contributed by atoms with Crippen LogP contribution in [0.15, 0.2) is 28.6 Å². The summed E-state index contributed by atoms with van der Waals surface area (Å²) in [4.78, 5) is 0. The molecule has 114 valence electrons. The normalized spacial score (nSPS) is 11.5. The molecular formula is C13H17N3O2S3. The van der Waals surface area contributed by atoms with Gasteiger partial charge in [0.2, 0.25) is 15.2 Å². The zero-order chi connectivity index (χ0) is 15.3. The molecule has 0 fully saturated rings. The zero-order valence-electron chi connectivity index (χ0n) is 11.9. The minimum absolute atomic E-state index is 0.0638. The van der Waals surface area contributed by atoms with Crippen molar-refractivity contribution in [3.8, 4) is 0 Å². The minimum Gasteiger partial charge on any atom is -0.257 e. The first kappa shape index (κ1) is 16.3. The molecule has 1 aromatic heterocycles. The number of hydrogen-bond acceptors (Lipinski definition) is 6. The molecule has 2 rings (SSSR count). The molecule has 21 heavy (non-hydrogen) atoms. The maximum absolute atomic E-state index is 12.1. The topological polar surface area (TPSA) is 72.0 Å². The summed E-state index contributed by atoms with van der Waals surface area (Å²) in [6.07, 6.45) is 1.04. The van der Waals surface area contributed by atoms with Gasteiger partial charge in [-0.3, -0.25) is 4.72 Å². The average molecular weight is 343 g/mol. The van der Waals surface area contributed by atoms with Gasteiger partial charge < -0.3 is 0 Å². The molecule has 0 aliphatic rings. The van der Waals surface area contributed by atoms with Crippen LogP contribution in [0.3, 0.4) is 0 Å². The van der Waals surface area contributed by atoms with Crippen LogP contribution in [0.2, 0.25) is 0 Å². The predicted molar refractivity (Wildman–Crippen MR) is 88.3 cm³/mol. The van der Waals surface area contributed by atoms with E-state index in [-0.39, 0.29) is 5.75 Å². The molecule has 0 unspecified atom stereocenters. The van der Waals surface area contributed by atoms with Crippen LogP contribution in [0, 0.1) is 6.92 Å². The van der Waals surface area contributed by atoms with Crippen LogP contribution >= 0.6 is 23.1 Å². The van der Waals surface area contributed by atoms with Crippen molar-refractivity contribution < 1.29 is 8.42 Å². The highest BCUT2D eigenvalue weighted by molar-refractivity contribution is 8.01. The summed E-state index contributed by atoms with van der Waals surface area (Å²) < 4.78 is 27.5. The predicted octanol–water partition coefficient (Wildman–Crippen LogP) is 3.29. The highest BCUT2D eigenvalue weighted by Crippen LogP contribution is 2.26. The van der Waals surface area contributed by atoms with E-state index in [9.17, 15) is 8.42 Å². The molecule has 0 bridgehead atoms. The molecule has 1 aromatic carbocycles. The fourth-order valence-corrected chi connectivity index (χ4v) is 4.76. The smallest absolute Gasteiger partial charge is 0.238 e. The van der Waals surface area contributed by atoms with E-state index in [4.69, 9.17) is 0 Å². The number of rotatable bonds is 7. The molecule has 0 aliphatic carbocycles. The first-order chi connectivity index (χ1) is 9.98. The summed E-state index contributed by atoms with van der Waals surface area (Å²) in [6.45, 7) is 4.02. The fourth-order valence-electron chi connectivity index (χ4n) is 1.69. The van der Waals surface area contributed by atoms with Gasteiger partial charge in [0, 0.05) is 5.75 Å². The second-order valence-corrected chi connectivity index (χ2v) is 8.61. The number of hydrogen-bond donors (Lipinski definition) is 1. The molecular weight excluding hydrogens is 326 g/mol. The summed E-state index contributed by atoms with van der Waals surface area (Å²) in [5, 5.41) is 8.16. The second kappa shape index (κ2) is 7.24. The monoisotopic (exact) mass is 343 g/mol. The van der Waals surface area contributed by atoms with Gasteiger partial charge in [0.05, 0.1) is 5.75 Å². The molecule has 0 saturated carbocycles. The van der Waals surface area contributed by atoms with E-state index in [1.165, 1.54) is 11.3 Å². The number of thioether (sulfide) groups is 1. The van der Waals surface area contributed by atoms with Crippen LogP contribution in [-0.4, -0.2) is 24.4 Å². The third kappa shape index (κ3) is 5.29. The zero-order valence-corrected chi connectivity index (χ0v) is 14.3. The van der Waals surface area contributed by atoms with Gasteiger partial charge in [-0.25, -0.2) is 8.42 Å². The molecule has 0 aliphatic heterocycles. The average Bonchev–Trinajstić information content (AvgIpc) is 2.82. The van der Waals surface area contributed by atoms with Crippen molar-refractivity contribution >= 4 is 38.3 Å². The largest absolute Gasteiger partial charge is 0.257 e. The summed E-state index contributed by atoms with van der Waals surface area (Å²) >= 11 is 2.85. The van der Waals surface area contributed by atoms with E-state index in [0.29, 0.717) is 5.13 Å². The fraction of sp³-hybridized carbons (Fsp3) is 0.385. The van der Waals surface area contributed by atoms with Gasteiger partial charge in [0.15, 0.2) is 4.34 Å². The van der Waals surface area contributed by atoms with Gasteiger partial charge in [-0.15, -0.1) is 10.2 Å². The lowest BCUT2D eigenvalue weighted by molar-refractivity contribution is 0.600. The molecule has 0 saturated heterocycles. The summed E-state index contributed by atoms with van der Waals surface area (Å²) in [6, 6.07) is 7.45. The van der Waals surface area contributed by atoms with E-state index < -0.39 is 10.0 Å². The summed E-state index contributed by atoms with van der Waals surface area (Å²) in [7, 11) is -3.46. The number of nitrogens with zero attached hydrogens (tertiary/aromatic N) is 2. The van der Waals surface area contributed by atoms with Crippen LogP contribution in [0.25, 0.3) is 0 Å². The van der Waals surface area contributed by atoms with Gasteiger partial charge in [-0.05, 0) is 18.9 Å². The molecule has 0 spiro atoms. The third-order valence-corrected chi connectivity index (χ3v) is 6.04. The molecule has 0 atom stereocenters. The first-order valence-corrected chi connectivity index (χ1v) is 9.96. The maximum Gasteiger partial charge on any atom is 0.238 e. The Kier molecular flexibility index (Phi) is 5.60. The van der Waals surface area contributed by atoms with Crippen molar-refractivity contribution in [1.82, 2.24) is 10.2 Å². The Bertz CT molecular complexity index is 698. The Labute approximate surface area is 133 Å². The van der Waals surface area contributed by atoms with Crippen LogP contribution in [0.5, 0.6) is 0 Å². The lowest BCUT2D eigenvalue weighted by Gasteiger charge is -2.05. The van der Waals surface area contributed by atoms with Crippen LogP contribution in [-0.2, 0) is 15.8 Å². The van der Waals surface area contributed by atoms with Crippen LogP contribution in [0.1, 0.15) is 24.5 Å². The number of benzene rings is 1. The molecule has 5 nitrogen and oxygen atoms in total. The molecule has 0 radical (unpaired) electrons. The number of sulfonamides is 1. The Balaban J connectivity index is 2.02. The molecule has 2 aromatic rings. The van der Waals surface area contributed by atoms with Crippen molar-refractivity contribution in [2.75, 3.05) is 10.5 Å². The van der Waals surface area contributed by atoms with Gasteiger partial charge in [0.25, 0.3) is 0 Å². The summed E-state index contributed by atoms with van der Waals surface area (Å²) in [5.41, 5.74) is 1.80. The quantitative estimate of drug-likeness (QED) is 0.781. The van der Waals surface area contributed by atoms with Crippen LogP contribution < -0.4 is 4.72 Å². The number of nitrogens with one attached hydrogen (secondary N) is 1. The second-order valence-electron chi connectivity index (χ2n) is 4.57. The van der Waals surface area contributed by atoms with Crippen molar-refractivity contribution in [1.29, 1.82) is 0 Å². The maximum atomic E-state index is 12.1. The van der Waals surface area contributed by atoms with Crippen molar-refractivity contribution in [2.24, 2.45) is 0 Å². The lowest BCUT2D eigenvalue weighted by atomic mass is 10.2. The van der Waals surface area contributed by atoms with E-state index in [1.807, 2.05) is 25.1 Å². The third-order valence-electron chi connectivity index (χ3n) is 2.52. The van der Waals surface area contributed by atoms with Gasteiger partial charge in [-0.1, -0.05) is 59.9 Å². The molecule has 8 heteroatoms. The Morgan fingerprint density at radius 3 is 2.86 bits per heavy atom. The number of aromatic nitrogens is 2. The van der Waals surface area contributed by atoms with E-state index in [1.54, 1.807) is 17.8 Å². The SMILES string of the molecule is CCCSc1nnc(NS(=O)(=O)Cc2cccc(C)c2)s1. The highest BCUT2D eigenvalue weighted by Gasteiger charge is 2.15. The van der Waals surface area contributed by atoms with Crippen molar-refractivity contribution in [2.45, 2.75) is 30.4 Å².